The van der Waals surface area contributed by atoms with Crippen LogP contribution >= 0.6 is 0 Å². The Bertz CT molecular complexity index is 586. The number of nitrogens with zero attached hydrogens (tertiary/aromatic N) is 2. The van der Waals surface area contributed by atoms with E-state index in [1.54, 1.807) is 30.5 Å². The molecule has 0 fully saturated rings. The number of nitrogens with one attached hydrogen (secondary N) is 1. The molecule has 0 aliphatic rings. The van der Waals surface area contributed by atoms with E-state index < -0.39 is 0 Å². The number of rotatable bonds is 4. The van der Waals surface area contributed by atoms with E-state index in [1.165, 1.54) is 0 Å². The molecule has 20 heavy (non-hydrogen) atoms. The van der Waals surface area contributed by atoms with E-state index in [4.69, 9.17) is 5.73 Å². The molecule has 1 amide bonds. The second-order valence-corrected chi connectivity index (χ2v) is 5.13. The molecule has 1 unspecified atom stereocenters. The number of hydrogen-bond acceptors (Lipinski definition) is 3. The second-order valence-electron chi connectivity index (χ2n) is 5.13. The molecule has 106 valence electrons. The second kappa shape index (κ2) is 5.77. The van der Waals surface area contributed by atoms with E-state index in [0.29, 0.717) is 5.69 Å². The Morgan fingerprint density at radius 1 is 1.25 bits per heavy atom. The van der Waals surface area contributed by atoms with Gasteiger partial charge in [-0.1, -0.05) is 13.8 Å². The van der Waals surface area contributed by atoms with Crippen LogP contribution in [0, 0.1) is 0 Å². The van der Waals surface area contributed by atoms with Gasteiger partial charge in [0.15, 0.2) is 0 Å². The van der Waals surface area contributed by atoms with E-state index in [2.05, 4.69) is 24.1 Å². The predicted molar refractivity (Wildman–Crippen MR) is 80.5 cm³/mol. The third-order valence-corrected chi connectivity index (χ3v) is 3.19. The van der Waals surface area contributed by atoms with Crippen molar-refractivity contribution in [2.75, 3.05) is 11.1 Å². The van der Waals surface area contributed by atoms with Gasteiger partial charge in [0.2, 0.25) is 5.91 Å². The largest absolute Gasteiger partial charge is 0.399 e. The number of hydrogen-bond donors (Lipinski definition) is 2. The Kier molecular flexibility index (Phi) is 4.08. The summed E-state index contributed by atoms with van der Waals surface area (Å²) in [4.78, 5) is 16.6. The summed E-state index contributed by atoms with van der Waals surface area (Å²) >= 11 is 0. The van der Waals surface area contributed by atoms with E-state index in [-0.39, 0.29) is 17.9 Å². The standard InChI is InChI=1S/C15H20N4O/c1-10(2)14-17-8-9-19(14)11(3)15(20)18-13-6-4-12(16)5-7-13/h4-11H,16H2,1-3H3,(H,18,20). The van der Waals surface area contributed by atoms with Crippen LogP contribution in [-0.4, -0.2) is 15.5 Å². The zero-order valence-corrected chi connectivity index (χ0v) is 12.0. The average Bonchev–Trinajstić information content (AvgIpc) is 2.90. The minimum absolute atomic E-state index is 0.0744. The Morgan fingerprint density at radius 2 is 1.90 bits per heavy atom. The third-order valence-electron chi connectivity index (χ3n) is 3.19. The monoisotopic (exact) mass is 272 g/mol. The first-order chi connectivity index (χ1) is 9.49. The smallest absolute Gasteiger partial charge is 0.247 e. The molecule has 0 saturated heterocycles. The highest BCUT2D eigenvalue weighted by Gasteiger charge is 2.19. The molecule has 2 rings (SSSR count). The van der Waals surface area contributed by atoms with Gasteiger partial charge in [0, 0.05) is 29.7 Å². The van der Waals surface area contributed by atoms with Crippen LogP contribution in [0.15, 0.2) is 36.7 Å². The number of carbonyl (C=O) groups excluding carboxylic acids is 1. The summed E-state index contributed by atoms with van der Waals surface area (Å²) in [6.45, 7) is 5.98. The molecule has 2 aromatic rings. The normalized spacial score (nSPS) is 12.4. The number of aromatic nitrogens is 2. The maximum Gasteiger partial charge on any atom is 0.247 e. The first kappa shape index (κ1) is 14.1. The van der Waals surface area contributed by atoms with Crippen LogP contribution in [0.1, 0.15) is 38.6 Å². The van der Waals surface area contributed by atoms with Crippen LogP contribution in [0.3, 0.4) is 0 Å². The van der Waals surface area contributed by atoms with E-state index >= 15 is 0 Å². The van der Waals surface area contributed by atoms with Crippen molar-refractivity contribution in [3.63, 3.8) is 0 Å². The van der Waals surface area contributed by atoms with Gasteiger partial charge in [0.25, 0.3) is 0 Å². The molecule has 3 N–H and O–H groups in total. The Hall–Kier alpha value is -2.30. The summed E-state index contributed by atoms with van der Waals surface area (Å²) < 4.78 is 1.90. The maximum absolute atomic E-state index is 12.3. The van der Waals surface area contributed by atoms with Crippen molar-refractivity contribution >= 4 is 17.3 Å². The topological polar surface area (TPSA) is 72.9 Å². The van der Waals surface area contributed by atoms with Crippen LogP contribution in [0.5, 0.6) is 0 Å². The third kappa shape index (κ3) is 2.99. The minimum atomic E-state index is -0.313. The van der Waals surface area contributed by atoms with E-state index in [1.807, 2.05) is 17.7 Å². The van der Waals surface area contributed by atoms with Crippen molar-refractivity contribution in [1.82, 2.24) is 9.55 Å². The highest BCUT2D eigenvalue weighted by molar-refractivity contribution is 5.93. The lowest BCUT2D eigenvalue weighted by Crippen LogP contribution is -2.25. The lowest BCUT2D eigenvalue weighted by Gasteiger charge is -2.17. The minimum Gasteiger partial charge on any atom is -0.399 e. The molecule has 0 bridgehead atoms. The zero-order valence-electron chi connectivity index (χ0n) is 12.0. The molecule has 5 heteroatoms. The van der Waals surface area contributed by atoms with Crippen molar-refractivity contribution < 1.29 is 4.79 Å². The molecule has 0 radical (unpaired) electrons. The predicted octanol–water partition coefficient (Wildman–Crippen LogP) is 2.79. The molecular weight excluding hydrogens is 252 g/mol. The quantitative estimate of drug-likeness (QED) is 0.840. The maximum atomic E-state index is 12.3. The molecule has 1 aromatic heterocycles. The summed E-state index contributed by atoms with van der Waals surface area (Å²) in [6, 6.07) is 6.79. The van der Waals surface area contributed by atoms with Crippen LogP contribution in [0.4, 0.5) is 11.4 Å². The summed E-state index contributed by atoms with van der Waals surface area (Å²) in [5.41, 5.74) is 7.03. The van der Waals surface area contributed by atoms with Gasteiger partial charge in [-0.25, -0.2) is 4.98 Å². The number of nitrogens with two attached hydrogens (primary N) is 1. The molecular formula is C15H20N4O. The Labute approximate surface area is 118 Å². The number of benzene rings is 1. The van der Waals surface area contributed by atoms with Gasteiger partial charge in [-0.15, -0.1) is 0 Å². The fraction of sp³-hybridized carbons (Fsp3) is 0.333. The molecule has 0 aliphatic heterocycles. The van der Waals surface area contributed by atoms with E-state index in [0.717, 1.165) is 11.5 Å². The highest BCUT2D eigenvalue weighted by atomic mass is 16.2. The molecule has 1 aromatic carbocycles. The molecule has 1 heterocycles. The van der Waals surface area contributed by atoms with Crippen molar-refractivity contribution in [1.29, 1.82) is 0 Å². The number of carbonyl (C=O) groups is 1. The average molecular weight is 272 g/mol. The zero-order chi connectivity index (χ0) is 14.7. The number of nitrogen functional groups attached to an aromatic ring is 1. The van der Waals surface area contributed by atoms with Crippen molar-refractivity contribution in [2.45, 2.75) is 32.7 Å². The summed E-state index contributed by atoms with van der Waals surface area (Å²) in [6.07, 6.45) is 3.56. The van der Waals surface area contributed by atoms with Gasteiger partial charge in [-0.2, -0.15) is 0 Å². The van der Waals surface area contributed by atoms with Crippen LogP contribution in [0.25, 0.3) is 0 Å². The summed E-state index contributed by atoms with van der Waals surface area (Å²) in [5.74, 6) is 1.11. The first-order valence-electron chi connectivity index (χ1n) is 6.68. The van der Waals surface area contributed by atoms with Gasteiger partial charge in [0.05, 0.1) is 0 Å². The van der Waals surface area contributed by atoms with Crippen LogP contribution in [0.2, 0.25) is 0 Å². The Morgan fingerprint density at radius 3 is 2.50 bits per heavy atom. The van der Waals surface area contributed by atoms with Gasteiger partial charge >= 0.3 is 0 Å². The molecule has 5 nitrogen and oxygen atoms in total. The molecule has 0 saturated carbocycles. The van der Waals surface area contributed by atoms with Crippen molar-refractivity contribution in [2.24, 2.45) is 0 Å². The Balaban J connectivity index is 2.12. The SMILES string of the molecule is CC(C)c1nccn1C(C)C(=O)Nc1ccc(N)cc1. The lowest BCUT2D eigenvalue weighted by atomic mass is 10.2. The first-order valence-corrected chi connectivity index (χ1v) is 6.68. The summed E-state index contributed by atoms with van der Waals surface area (Å²) in [7, 11) is 0. The van der Waals surface area contributed by atoms with Crippen LogP contribution in [-0.2, 0) is 4.79 Å². The highest BCUT2D eigenvalue weighted by Crippen LogP contribution is 2.19. The van der Waals surface area contributed by atoms with Crippen molar-refractivity contribution in [3.8, 4) is 0 Å². The van der Waals surface area contributed by atoms with Gasteiger partial charge in [-0.05, 0) is 31.2 Å². The number of imidazole rings is 1. The summed E-state index contributed by atoms with van der Waals surface area (Å²) in [5, 5.41) is 2.88. The molecule has 1 atom stereocenters. The fourth-order valence-electron chi connectivity index (χ4n) is 2.04. The molecule has 0 spiro atoms. The van der Waals surface area contributed by atoms with Crippen molar-refractivity contribution in [3.05, 3.63) is 42.5 Å². The lowest BCUT2D eigenvalue weighted by molar-refractivity contribution is -0.118. The number of anilines is 2. The number of amides is 1. The molecule has 0 aliphatic carbocycles. The van der Waals surface area contributed by atoms with Gasteiger partial charge < -0.3 is 15.6 Å². The van der Waals surface area contributed by atoms with E-state index in [9.17, 15) is 4.79 Å². The van der Waals surface area contributed by atoms with Crippen LogP contribution < -0.4 is 11.1 Å². The van der Waals surface area contributed by atoms with Gasteiger partial charge in [0.1, 0.15) is 11.9 Å². The fourth-order valence-corrected chi connectivity index (χ4v) is 2.04. The van der Waals surface area contributed by atoms with Gasteiger partial charge in [-0.3, -0.25) is 4.79 Å².